The normalized spacial score (nSPS) is 16.0. The quantitative estimate of drug-likeness (QED) is 0.560. The van der Waals surface area contributed by atoms with Crippen LogP contribution in [0.5, 0.6) is 5.75 Å². The number of amidine groups is 1. The van der Waals surface area contributed by atoms with E-state index in [1.807, 2.05) is 60.2 Å². The van der Waals surface area contributed by atoms with E-state index >= 15 is 0 Å². The van der Waals surface area contributed by atoms with Crippen molar-refractivity contribution in [3.05, 3.63) is 83.0 Å². The molecule has 0 saturated carbocycles. The van der Waals surface area contributed by atoms with Crippen LogP contribution in [-0.2, 0) is 4.79 Å². The minimum atomic E-state index is -0.991. The molecule has 0 aliphatic carbocycles. The number of amides is 1. The van der Waals surface area contributed by atoms with Crippen LogP contribution >= 0.6 is 11.8 Å². The largest absolute Gasteiger partial charge is 0.494 e. The predicted octanol–water partition coefficient (Wildman–Crippen LogP) is 4.47. The standard InChI is InChI=1S/C23H19N3O4S/c1-2-30-19-10-8-16(9-11-19)24-23-25-21(27)20(31-23)14-18-7-4-12-26(18)17-6-3-5-15(13-17)22(28)29/h3-14H,2H2,1H3,(H,28,29)(H,24,25,27)/b20-14-. The van der Waals surface area contributed by atoms with Crippen LogP contribution in [0, 0.1) is 0 Å². The second-order valence-electron chi connectivity index (χ2n) is 6.57. The number of thioether (sulfide) groups is 1. The molecule has 0 atom stereocenters. The summed E-state index contributed by atoms with van der Waals surface area (Å²) in [5.41, 5.74) is 2.36. The Morgan fingerprint density at radius 1 is 1.19 bits per heavy atom. The van der Waals surface area contributed by atoms with Gasteiger partial charge in [-0.05, 0) is 79.4 Å². The maximum atomic E-state index is 12.4. The molecule has 1 aromatic heterocycles. The molecule has 0 spiro atoms. The fraction of sp³-hybridized carbons (Fsp3) is 0.0870. The smallest absolute Gasteiger partial charge is 0.335 e. The first kappa shape index (κ1) is 20.5. The van der Waals surface area contributed by atoms with E-state index in [2.05, 4.69) is 10.3 Å². The molecule has 2 aromatic carbocycles. The molecular weight excluding hydrogens is 414 g/mol. The fourth-order valence-corrected chi connectivity index (χ4v) is 3.88. The number of rotatable bonds is 6. The van der Waals surface area contributed by atoms with E-state index in [0.717, 1.165) is 11.4 Å². The van der Waals surface area contributed by atoms with Gasteiger partial charge in [0.25, 0.3) is 5.91 Å². The van der Waals surface area contributed by atoms with E-state index in [0.29, 0.717) is 28.1 Å². The van der Waals surface area contributed by atoms with Gasteiger partial charge in [-0.25, -0.2) is 9.79 Å². The van der Waals surface area contributed by atoms with Crippen molar-refractivity contribution in [2.24, 2.45) is 4.99 Å². The summed E-state index contributed by atoms with van der Waals surface area (Å²) < 4.78 is 7.25. The Morgan fingerprint density at radius 2 is 2.00 bits per heavy atom. The first-order valence-corrected chi connectivity index (χ1v) is 10.4. The van der Waals surface area contributed by atoms with E-state index in [-0.39, 0.29) is 11.5 Å². The maximum Gasteiger partial charge on any atom is 0.335 e. The van der Waals surface area contributed by atoms with Crippen molar-refractivity contribution in [3.63, 3.8) is 0 Å². The summed E-state index contributed by atoms with van der Waals surface area (Å²) in [5.74, 6) is -0.459. The zero-order chi connectivity index (χ0) is 21.8. The molecule has 4 rings (SSSR count). The van der Waals surface area contributed by atoms with Crippen LogP contribution in [0.1, 0.15) is 23.0 Å². The highest BCUT2D eigenvalue weighted by molar-refractivity contribution is 8.18. The summed E-state index contributed by atoms with van der Waals surface area (Å²) >= 11 is 1.25. The zero-order valence-corrected chi connectivity index (χ0v) is 17.4. The number of carbonyl (C=O) groups is 2. The lowest BCUT2D eigenvalue weighted by atomic mass is 10.2. The van der Waals surface area contributed by atoms with Gasteiger partial charge in [-0.2, -0.15) is 0 Å². The van der Waals surface area contributed by atoms with Crippen LogP contribution in [0.4, 0.5) is 5.69 Å². The Morgan fingerprint density at radius 3 is 2.74 bits per heavy atom. The highest BCUT2D eigenvalue weighted by Gasteiger charge is 2.24. The number of aliphatic imine (C=N–C) groups is 1. The molecular formula is C23H19N3O4S. The van der Waals surface area contributed by atoms with E-state index in [1.54, 1.807) is 18.2 Å². The molecule has 0 radical (unpaired) electrons. The van der Waals surface area contributed by atoms with Crippen molar-refractivity contribution in [2.45, 2.75) is 6.92 Å². The van der Waals surface area contributed by atoms with Gasteiger partial charge in [-0.15, -0.1) is 0 Å². The number of carboxylic acids is 1. The summed E-state index contributed by atoms with van der Waals surface area (Å²) in [6.07, 6.45) is 3.58. The summed E-state index contributed by atoms with van der Waals surface area (Å²) in [7, 11) is 0. The molecule has 0 unspecified atom stereocenters. The van der Waals surface area contributed by atoms with Crippen molar-refractivity contribution in [2.75, 3.05) is 6.61 Å². The van der Waals surface area contributed by atoms with E-state index < -0.39 is 5.97 Å². The molecule has 8 heteroatoms. The minimum absolute atomic E-state index is 0.197. The topological polar surface area (TPSA) is 92.9 Å². The van der Waals surface area contributed by atoms with Crippen molar-refractivity contribution < 1.29 is 19.4 Å². The average molecular weight is 433 g/mol. The second kappa shape index (κ2) is 8.93. The van der Waals surface area contributed by atoms with E-state index in [1.165, 1.54) is 17.8 Å². The molecule has 1 saturated heterocycles. The summed E-state index contributed by atoms with van der Waals surface area (Å²) in [6.45, 7) is 2.52. The van der Waals surface area contributed by atoms with Gasteiger partial charge in [-0.3, -0.25) is 4.79 Å². The van der Waals surface area contributed by atoms with Gasteiger partial charge in [0.05, 0.1) is 22.8 Å². The minimum Gasteiger partial charge on any atom is -0.494 e. The zero-order valence-electron chi connectivity index (χ0n) is 16.6. The van der Waals surface area contributed by atoms with Crippen molar-refractivity contribution >= 4 is 40.6 Å². The van der Waals surface area contributed by atoms with Crippen molar-refractivity contribution in [3.8, 4) is 11.4 Å². The lowest BCUT2D eigenvalue weighted by Gasteiger charge is -2.07. The van der Waals surface area contributed by atoms with Crippen LogP contribution in [-0.4, -0.2) is 33.3 Å². The monoisotopic (exact) mass is 433 g/mol. The molecule has 2 heterocycles. The number of nitrogens with one attached hydrogen (secondary N) is 1. The Hall–Kier alpha value is -3.78. The van der Waals surface area contributed by atoms with Gasteiger partial charge in [0.2, 0.25) is 0 Å². The number of carboxylic acid groups (broad SMARTS) is 1. The second-order valence-corrected chi connectivity index (χ2v) is 7.60. The number of hydrogen-bond donors (Lipinski definition) is 2. The van der Waals surface area contributed by atoms with Crippen molar-refractivity contribution in [1.82, 2.24) is 9.88 Å². The highest BCUT2D eigenvalue weighted by Crippen LogP contribution is 2.29. The Kier molecular flexibility index (Phi) is 5.90. The lowest BCUT2D eigenvalue weighted by Crippen LogP contribution is -2.19. The molecule has 1 amide bonds. The highest BCUT2D eigenvalue weighted by atomic mass is 32.2. The Bertz CT molecular complexity index is 1200. The molecule has 1 aliphatic heterocycles. The number of ether oxygens (including phenoxy) is 1. The third-order valence-corrected chi connectivity index (χ3v) is 5.37. The van der Waals surface area contributed by atoms with E-state index in [9.17, 15) is 14.7 Å². The van der Waals surface area contributed by atoms with Crippen LogP contribution in [0.15, 0.2) is 76.8 Å². The van der Waals surface area contributed by atoms with Crippen molar-refractivity contribution in [1.29, 1.82) is 0 Å². The molecule has 0 bridgehead atoms. The number of hydrogen-bond acceptors (Lipinski definition) is 5. The number of benzene rings is 2. The maximum absolute atomic E-state index is 12.4. The number of nitrogens with zero attached hydrogens (tertiary/aromatic N) is 2. The van der Waals surface area contributed by atoms with Gasteiger partial charge in [0.15, 0.2) is 5.17 Å². The van der Waals surface area contributed by atoms with Gasteiger partial charge >= 0.3 is 5.97 Å². The van der Waals surface area contributed by atoms with Gasteiger partial charge in [0.1, 0.15) is 5.75 Å². The SMILES string of the molecule is CCOc1ccc(N=C2NC(=O)/C(=C/c3cccn3-c3cccc(C(=O)O)c3)S2)cc1. The lowest BCUT2D eigenvalue weighted by molar-refractivity contribution is -0.115. The van der Waals surface area contributed by atoms with Crippen LogP contribution in [0.2, 0.25) is 0 Å². The number of aromatic carboxylic acids is 1. The number of aromatic nitrogens is 1. The molecule has 2 N–H and O–H groups in total. The first-order valence-electron chi connectivity index (χ1n) is 9.57. The summed E-state index contributed by atoms with van der Waals surface area (Å²) in [4.78, 5) is 28.7. The van der Waals surface area contributed by atoms with Crippen LogP contribution < -0.4 is 10.1 Å². The molecule has 156 valence electrons. The molecule has 1 fully saturated rings. The Balaban J connectivity index is 1.57. The summed E-state index contributed by atoms with van der Waals surface area (Å²) in [6, 6.07) is 17.6. The molecule has 31 heavy (non-hydrogen) atoms. The van der Waals surface area contributed by atoms with Gasteiger partial charge < -0.3 is 19.7 Å². The van der Waals surface area contributed by atoms with E-state index in [4.69, 9.17) is 4.74 Å². The van der Waals surface area contributed by atoms with Gasteiger partial charge in [-0.1, -0.05) is 6.07 Å². The number of carbonyl (C=O) groups excluding carboxylic acids is 1. The molecule has 7 nitrogen and oxygen atoms in total. The fourth-order valence-electron chi connectivity index (χ4n) is 3.05. The van der Waals surface area contributed by atoms with Gasteiger partial charge in [0, 0.05) is 17.6 Å². The third-order valence-electron chi connectivity index (χ3n) is 4.46. The van der Waals surface area contributed by atoms with Crippen LogP contribution in [0.25, 0.3) is 11.8 Å². The molecule has 3 aromatic rings. The average Bonchev–Trinajstić information content (AvgIpc) is 3.36. The Labute approximate surface area is 183 Å². The third kappa shape index (κ3) is 4.70. The summed E-state index contributed by atoms with van der Waals surface area (Å²) in [5, 5.41) is 12.5. The van der Waals surface area contributed by atoms with Crippen LogP contribution in [0.3, 0.4) is 0 Å². The predicted molar refractivity (Wildman–Crippen MR) is 121 cm³/mol. The molecule has 1 aliphatic rings. The first-order chi connectivity index (χ1) is 15.0.